The Morgan fingerprint density at radius 3 is 2.50 bits per heavy atom. The molecule has 120 valence electrons. The van der Waals surface area contributed by atoms with E-state index in [0.717, 1.165) is 15.8 Å². The van der Waals surface area contributed by atoms with Crippen molar-refractivity contribution in [1.29, 1.82) is 0 Å². The maximum absolute atomic E-state index is 12.1. The van der Waals surface area contributed by atoms with Gasteiger partial charge in [0.05, 0.1) is 23.1 Å². The van der Waals surface area contributed by atoms with Gasteiger partial charge in [0, 0.05) is 10.1 Å². The van der Waals surface area contributed by atoms with E-state index >= 15 is 0 Å². The fourth-order valence-corrected chi connectivity index (χ4v) is 3.40. The zero-order chi connectivity index (χ0) is 16.8. The zero-order valence-corrected chi connectivity index (χ0v) is 14.0. The van der Waals surface area contributed by atoms with Gasteiger partial charge in [-0.1, -0.05) is 48.0 Å². The molecule has 1 amide bonds. The van der Waals surface area contributed by atoms with Gasteiger partial charge in [0.25, 0.3) is 5.91 Å². The van der Waals surface area contributed by atoms with E-state index in [1.54, 1.807) is 0 Å². The summed E-state index contributed by atoms with van der Waals surface area (Å²) in [5.74, 6) is -0.345. The molecule has 0 spiro atoms. The van der Waals surface area contributed by atoms with Crippen LogP contribution < -0.4 is 10.9 Å². The van der Waals surface area contributed by atoms with Crippen molar-refractivity contribution in [3.63, 3.8) is 0 Å². The molecule has 1 aromatic heterocycles. The maximum atomic E-state index is 12.1. The van der Waals surface area contributed by atoms with Crippen molar-refractivity contribution >= 4 is 57.0 Å². The number of rotatable bonds is 5. The van der Waals surface area contributed by atoms with Crippen LogP contribution in [0.25, 0.3) is 10.1 Å². The highest BCUT2D eigenvalue weighted by atomic mass is 35.5. The number of benzene rings is 2. The molecule has 0 aliphatic heterocycles. The SMILES string of the molecule is O=C(NN=CC=NNc1ccccc1)c1sc2ccccc2c1Cl. The van der Waals surface area contributed by atoms with Gasteiger partial charge in [-0.15, -0.1) is 11.3 Å². The second kappa shape index (κ2) is 7.72. The minimum Gasteiger partial charge on any atom is -0.278 e. The predicted molar refractivity (Wildman–Crippen MR) is 101 cm³/mol. The van der Waals surface area contributed by atoms with Crippen LogP contribution in [0.5, 0.6) is 0 Å². The second-order valence-electron chi connectivity index (χ2n) is 4.72. The highest BCUT2D eigenvalue weighted by Crippen LogP contribution is 2.34. The van der Waals surface area contributed by atoms with Crippen LogP contribution in [0.1, 0.15) is 9.67 Å². The molecule has 2 N–H and O–H groups in total. The first-order valence-electron chi connectivity index (χ1n) is 7.09. The van der Waals surface area contributed by atoms with E-state index in [4.69, 9.17) is 11.6 Å². The van der Waals surface area contributed by atoms with E-state index in [0.29, 0.717) is 9.90 Å². The molecular weight excluding hydrogens is 344 g/mol. The molecule has 0 radical (unpaired) electrons. The third-order valence-electron chi connectivity index (χ3n) is 3.09. The van der Waals surface area contributed by atoms with E-state index in [9.17, 15) is 4.79 Å². The van der Waals surface area contributed by atoms with Gasteiger partial charge in [0.2, 0.25) is 0 Å². The maximum Gasteiger partial charge on any atom is 0.283 e. The summed E-state index contributed by atoms with van der Waals surface area (Å²) in [6.45, 7) is 0. The van der Waals surface area contributed by atoms with Gasteiger partial charge in [0.15, 0.2) is 0 Å². The Hall–Kier alpha value is -2.70. The lowest BCUT2D eigenvalue weighted by Crippen LogP contribution is -2.16. The number of halogens is 1. The number of para-hydroxylation sites is 1. The molecule has 0 saturated heterocycles. The number of fused-ring (bicyclic) bond motifs is 1. The van der Waals surface area contributed by atoms with Crippen LogP contribution in [0.3, 0.4) is 0 Å². The molecule has 0 saturated carbocycles. The van der Waals surface area contributed by atoms with Crippen LogP contribution in [0.4, 0.5) is 5.69 Å². The highest BCUT2D eigenvalue weighted by Gasteiger charge is 2.16. The molecule has 2 aromatic carbocycles. The molecular formula is C17H13ClN4OS. The predicted octanol–water partition coefficient (Wildman–Crippen LogP) is 4.37. The van der Waals surface area contributed by atoms with Gasteiger partial charge in [-0.2, -0.15) is 10.2 Å². The molecule has 24 heavy (non-hydrogen) atoms. The van der Waals surface area contributed by atoms with Crippen molar-refractivity contribution < 1.29 is 4.79 Å². The topological polar surface area (TPSA) is 65.8 Å². The molecule has 0 aliphatic carbocycles. The average molecular weight is 357 g/mol. The van der Waals surface area contributed by atoms with Gasteiger partial charge >= 0.3 is 0 Å². The largest absolute Gasteiger partial charge is 0.283 e. The van der Waals surface area contributed by atoms with Crippen LogP contribution in [-0.2, 0) is 0 Å². The van der Waals surface area contributed by atoms with Crippen molar-refractivity contribution in [2.75, 3.05) is 5.43 Å². The first kappa shape index (κ1) is 16.2. The zero-order valence-electron chi connectivity index (χ0n) is 12.4. The number of nitrogens with one attached hydrogen (secondary N) is 2. The molecule has 0 atom stereocenters. The van der Waals surface area contributed by atoms with Crippen molar-refractivity contribution in [1.82, 2.24) is 5.43 Å². The van der Waals surface area contributed by atoms with Crippen molar-refractivity contribution in [2.24, 2.45) is 10.2 Å². The van der Waals surface area contributed by atoms with Crippen molar-refractivity contribution in [3.05, 3.63) is 64.5 Å². The van der Waals surface area contributed by atoms with Gasteiger partial charge in [-0.05, 0) is 18.2 Å². The van der Waals surface area contributed by atoms with E-state index in [1.165, 1.54) is 23.8 Å². The summed E-state index contributed by atoms with van der Waals surface area (Å²) in [6, 6.07) is 17.1. The number of hydrogen-bond donors (Lipinski definition) is 2. The Morgan fingerprint density at radius 2 is 1.71 bits per heavy atom. The monoisotopic (exact) mass is 356 g/mol. The van der Waals surface area contributed by atoms with E-state index in [-0.39, 0.29) is 5.91 Å². The Morgan fingerprint density at radius 1 is 1.00 bits per heavy atom. The number of carbonyl (C=O) groups excluding carboxylic acids is 1. The number of nitrogens with zero attached hydrogens (tertiary/aromatic N) is 2. The first-order chi connectivity index (χ1) is 11.8. The van der Waals surface area contributed by atoms with Crippen LogP contribution in [-0.4, -0.2) is 18.3 Å². The summed E-state index contributed by atoms with van der Waals surface area (Å²) < 4.78 is 0.963. The summed E-state index contributed by atoms with van der Waals surface area (Å²) in [7, 11) is 0. The molecule has 3 aromatic rings. The lowest BCUT2D eigenvalue weighted by atomic mass is 10.2. The summed E-state index contributed by atoms with van der Waals surface area (Å²) in [6.07, 6.45) is 2.83. The fourth-order valence-electron chi connectivity index (χ4n) is 2.00. The Bertz CT molecular complexity index is 905. The molecule has 1 heterocycles. The smallest absolute Gasteiger partial charge is 0.278 e. The van der Waals surface area contributed by atoms with Gasteiger partial charge in [-0.25, -0.2) is 5.43 Å². The van der Waals surface area contributed by atoms with Gasteiger partial charge < -0.3 is 0 Å². The van der Waals surface area contributed by atoms with Gasteiger partial charge in [0.1, 0.15) is 4.88 Å². The van der Waals surface area contributed by atoms with Crippen molar-refractivity contribution in [2.45, 2.75) is 0 Å². The second-order valence-corrected chi connectivity index (χ2v) is 6.15. The number of amides is 1. The van der Waals surface area contributed by atoms with E-state index in [2.05, 4.69) is 21.1 Å². The molecule has 0 fully saturated rings. The van der Waals surface area contributed by atoms with E-state index < -0.39 is 0 Å². The first-order valence-corrected chi connectivity index (χ1v) is 8.28. The fraction of sp³-hybridized carbons (Fsp3) is 0. The number of thiophene rings is 1. The molecule has 0 unspecified atom stereocenters. The molecule has 5 nitrogen and oxygen atoms in total. The molecule has 7 heteroatoms. The molecule has 3 rings (SSSR count). The minimum absolute atomic E-state index is 0.345. The van der Waals surface area contributed by atoms with Crippen molar-refractivity contribution in [3.8, 4) is 0 Å². The molecule has 0 bridgehead atoms. The Kier molecular flexibility index (Phi) is 5.20. The number of carbonyl (C=O) groups is 1. The van der Waals surface area contributed by atoms with Crippen LogP contribution in [0, 0.1) is 0 Å². The quantitative estimate of drug-likeness (QED) is 0.526. The van der Waals surface area contributed by atoms with Gasteiger partial charge in [-0.3, -0.25) is 10.2 Å². The highest BCUT2D eigenvalue weighted by molar-refractivity contribution is 7.21. The lowest BCUT2D eigenvalue weighted by molar-refractivity contribution is 0.0959. The number of hydrazone groups is 2. The number of hydrogen-bond acceptors (Lipinski definition) is 5. The normalized spacial score (nSPS) is 11.4. The van der Waals surface area contributed by atoms with Crippen LogP contribution in [0.15, 0.2) is 64.8 Å². The minimum atomic E-state index is -0.345. The Balaban J connectivity index is 1.57. The summed E-state index contributed by atoms with van der Waals surface area (Å²) in [5.41, 5.74) is 6.14. The lowest BCUT2D eigenvalue weighted by Gasteiger charge is -1.97. The van der Waals surface area contributed by atoms with E-state index in [1.807, 2.05) is 54.6 Å². The summed E-state index contributed by atoms with van der Waals surface area (Å²) >= 11 is 7.58. The molecule has 0 aliphatic rings. The van der Waals surface area contributed by atoms with Crippen LogP contribution in [0.2, 0.25) is 5.02 Å². The third kappa shape index (κ3) is 3.79. The summed E-state index contributed by atoms with van der Waals surface area (Å²) in [4.78, 5) is 12.6. The standard InChI is InChI=1S/C17H13ClN4OS/c18-15-13-8-4-5-9-14(13)24-16(15)17(23)22-20-11-10-19-21-12-6-2-1-3-7-12/h1-11,21H,(H,22,23). The number of anilines is 1. The Labute approximate surface area is 147 Å². The third-order valence-corrected chi connectivity index (χ3v) is 4.76. The van der Waals surface area contributed by atoms with Crippen LogP contribution >= 0.6 is 22.9 Å². The summed E-state index contributed by atoms with van der Waals surface area (Å²) in [5, 5.41) is 9.10. The average Bonchev–Trinajstić information content (AvgIpc) is 2.96.